The van der Waals surface area contributed by atoms with E-state index >= 15 is 0 Å². The minimum atomic E-state index is -3.50. The predicted molar refractivity (Wildman–Crippen MR) is 101 cm³/mol. The van der Waals surface area contributed by atoms with Crippen molar-refractivity contribution >= 4 is 31.8 Å². The number of aryl methyl sites for hydroxylation is 1. The quantitative estimate of drug-likeness (QED) is 0.738. The summed E-state index contributed by atoms with van der Waals surface area (Å²) in [5.74, 6) is 0. The molecule has 0 spiro atoms. The van der Waals surface area contributed by atoms with E-state index in [0.29, 0.717) is 17.5 Å². The van der Waals surface area contributed by atoms with E-state index in [1.165, 1.54) is 12.8 Å². The van der Waals surface area contributed by atoms with Crippen LogP contribution in [0.3, 0.4) is 0 Å². The summed E-state index contributed by atoms with van der Waals surface area (Å²) in [7, 11) is 0.556. The Hall–Kier alpha value is -1.89. The summed E-state index contributed by atoms with van der Waals surface area (Å²) < 4.78 is 30.1. The van der Waals surface area contributed by atoms with Crippen LogP contribution in [0.25, 0.3) is 21.8 Å². The molecule has 0 unspecified atom stereocenters. The first-order valence-corrected chi connectivity index (χ1v) is 10.1. The van der Waals surface area contributed by atoms with Crippen LogP contribution in [0.5, 0.6) is 0 Å². The number of nitrogens with zero attached hydrogens (tertiary/aromatic N) is 2. The summed E-state index contributed by atoms with van der Waals surface area (Å²) in [6.45, 7) is 1.17. The van der Waals surface area contributed by atoms with Crippen molar-refractivity contribution in [2.75, 3.05) is 20.1 Å². The van der Waals surface area contributed by atoms with E-state index in [1.54, 1.807) is 12.1 Å². The van der Waals surface area contributed by atoms with Gasteiger partial charge in [-0.15, -0.1) is 0 Å². The second kappa shape index (κ2) is 6.12. The Kier molecular flexibility index (Phi) is 4.06. The summed E-state index contributed by atoms with van der Waals surface area (Å²) in [5.41, 5.74) is 2.14. The fourth-order valence-electron chi connectivity index (χ4n) is 3.45. The standard InChI is InChI=1S/C19H23N3O2S/c1-21(14-7-8-14)12-11-20-25(23,24)15-9-10-19-17(13-15)16-5-3-4-6-18(16)22(19)2/h3-6,9-10,13-14,20H,7-8,11-12H2,1-2H3. The minimum Gasteiger partial charge on any atom is -0.344 e. The summed E-state index contributed by atoms with van der Waals surface area (Å²) in [6, 6.07) is 14.1. The lowest BCUT2D eigenvalue weighted by atomic mass is 10.1. The molecule has 2 aromatic carbocycles. The third-order valence-corrected chi connectivity index (χ3v) is 6.58. The maximum absolute atomic E-state index is 12.6. The van der Waals surface area contributed by atoms with Crippen LogP contribution in [0.15, 0.2) is 47.4 Å². The topological polar surface area (TPSA) is 54.3 Å². The molecule has 1 N–H and O–H groups in total. The molecule has 1 fully saturated rings. The van der Waals surface area contributed by atoms with E-state index in [9.17, 15) is 8.42 Å². The largest absolute Gasteiger partial charge is 0.344 e. The van der Waals surface area contributed by atoms with Crippen LogP contribution in [0.2, 0.25) is 0 Å². The van der Waals surface area contributed by atoms with Gasteiger partial charge in [0.25, 0.3) is 0 Å². The third kappa shape index (κ3) is 3.05. The fourth-order valence-corrected chi connectivity index (χ4v) is 4.50. The number of hydrogen-bond donors (Lipinski definition) is 1. The molecule has 3 aromatic rings. The molecule has 0 atom stereocenters. The van der Waals surface area contributed by atoms with Crippen molar-refractivity contribution in [1.29, 1.82) is 0 Å². The number of hydrogen-bond acceptors (Lipinski definition) is 3. The SMILES string of the molecule is CN(CCNS(=O)(=O)c1ccc2c(c1)c1ccccc1n2C)C1CC1. The number of sulfonamides is 1. The molecule has 1 saturated carbocycles. The van der Waals surface area contributed by atoms with Crippen LogP contribution in [-0.2, 0) is 17.1 Å². The van der Waals surface area contributed by atoms with Crippen molar-refractivity contribution in [3.05, 3.63) is 42.5 Å². The first kappa shape index (κ1) is 16.6. The van der Waals surface area contributed by atoms with E-state index in [-0.39, 0.29) is 0 Å². The molecule has 25 heavy (non-hydrogen) atoms. The Morgan fingerprint density at radius 1 is 1.12 bits per heavy atom. The van der Waals surface area contributed by atoms with Gasteiger partial charge in [0.1, 0.15) is 0 Å². The van der Waals surface area contributed by atoms with Gasteiger partial charge in [0, 0.05) is 48.0 Å². The zero-order valence-electron chi connectivity index (χ0n) is 14.6. The van der Waals surface area contributed by atoms with Gasteiger partial charge in [0.15, 0.2) is 0 Å². The van der Waals surface area contributed by atoms with Gasteiger partial charge in [-0.2, -0.15) is 0 Å². The van der Waals surface area contributed by atoms with Gasteiger partial charge >= 0.3 is 0 Å². The summed E-state index contributed by atoms with van der Waals surface area (Å²) in [4.78, 5) is 2.54. The summed E-state index contributed by atoms with van der Waals surface area (Å²) in [5, 5.41) is 2.04. The van der Waals surface area contributed by atoms with Gasteiger partial charge in [-0.3, -0.25) is 0 Å². The lowest BCUT2D eigenvalue weighted by Crippen LogP contribution is -2.33. The van der Waals surface area contributed by atoms with Gasteiger partial charge < -0.3 is 9.47 Å². The van der Waals surface area contributed by atoms with E-state index in [0.717, 1.165) is 28.4 Å². The molecular weight excluding hydrogens is 334 g/mol. The van der Waals surface area contributed by atoms with E-state index in [4.69, 9.17) is 0 Å². The Labute approximate surface area is 148 Å². The molecule has 0 bridgehead atoms. The van der Waals surface area contributed by atoms with Crippen molar-refractivity contribution in [2.24, 2.45) is 7.05 Å². The monoisotopic (exact) mass is 357 g/mol. The first-order valence-electron chi connectivity index (χ1n) is 8.64. The number of aromatic nitrogens is 1. The Balaban J connectivity index is 1.62. The number of nitrogens with one attached hydrogen (secondary N) is 1. The van der Waals surface area contributed by atoms with Crippen LogP contribution in [0.4, 0.5) is 0 Å². The molecule has 0 radical (unpaired) electrons. The van der Waals surface area contributed by atoms with Crippen LogP contribution in [0, 0.1) is 0 Å². The van der Waals surface area contributed by atoms with E-state index in [2.05, 4.69) is 20.3 Å². The number of rotatable bonds is 6. The van der Waals surface area contributed by atoms with Crippen LogP contribution >= 0.6 is 0 Å². The van der Waals surface area contributed by atoms with Gasteiger partial charge in [-0.05, 0) is 44.2 Å². The molecule has 1 heterocycles. The number of likely N-dealkylation sites (N-methyl/N-ethyl adjacent to an activating group) is 1. The second-order valence-electron chi connectivity index (χ2n) is 6.86. The van der Waals surface area contributed by atoms with Gasteiger partial charge in [0.05, 0.1) is 4.90 Å². The second-order valence-corrected chi connectivity index (χ2v) is 8.63. The molecular formula is C19H23N3O2S. The molecule has 1 aliphatic rings. The summed E-state index contributed by atoms with van der Waals surface area (Å²) in [6.07, 6.45) is 2.45. The maximum Gasteiger partial charge on any atom is 0.240 e. The Morgan fingerprint density at radius 2 is 1.84 bits per heavy atom. The Morgan fingerprint density at radius 3 is 2.60 bits per heavy atom. The highest BCUT2D eigenvalue weighted by Crippen LogP contribution is 2.29. The van der Waals surface area contributed by atoms with E-state index in [1.807, 2.05) is 38.4 Å². The average Bonchev–Trinajstić information content (AvgIpc) is 3.42. The number of benzene rings is 2. The molecule has 5 nitrogen and oxygen atoms in total. The number of fused-ring (bicyclic) bond motifs is 3. The average molecular weight is 357 g/mol. The molecule has 6 heteroatoms. The van der Waals surface area contributed by atoms with Gasteiger partial charge in [-0.25, -0.2) is 13.1 Å². The first-order chi connectivity index (χ1) is 12.0. The van der Waals surface area contributed by atoms with Crippen molar-refractivity contribution in [1.82, 2.24) is 14.2 Å². The zero-order chi connectivity index (χ0) is 17.6. The molecule has 1 aliphatic carbocycles. The number of para-hydroxylation sites is 1. The molecule has 0 saturated heterocycles. The van der Waals surface area contributed by atoms with Crippen LogP contribution < -0.4 is 4.72 Å². The maximum atomic E-state index is 12.6. The van der Waals surface area contributed by atoms with Gasteiger partial charge in [-0.1, -0.05) is 18.2 Å². The summed E-state index contributed by atoms with van der Waals surface area (Å²) >= 11 is 0. The molecule has 1 aromatic heterocycles. The normalized spacial score (nSPS) is 15.5. The van der Waals surface area contributed by atoms with Crippen LogP contribution in [-0.4, -0.2) is 44.1 Å². The Bertz CT molecular complexity index is 1040. The molecule has 132 valence electrons. The fraction of sp³-hybridized carbons (Fsp3) is 0.368. The molecule has 0 amide bonds. The molecule has 0 aliphatic heterocycles. The highest BCUT2D eigenvalue weighted by Gasteiger charge is 2.26. The zero-order valence-corrected chi connectivity index (χ0v) is 15.4. The van der Waals surface area contributed by atoms with Crippen LogP contribution in [0.1, 0.15) is 12.8 Å². The lowest BCUT2D eigenvalue weighted by molar-refractivity contribution is 0.329. The van der Waals surface area contributed by atoms with Crippen molar-refractivity contribution in [2.45, 2.75) is 23.8 Å². The highest BCUT2D eigenvalue weighted by molar-refractivity contribution is 7.89. The van der Waals surface area contributed by atoms with Gasteiger partial charge in [0.2, 0.25) is 10.0 Å². The highest BCUT2D eigenvalue weighted by atomic mass is 32.2. The third-order valence-electron chi connectivity index (χ3n) is 5.12. The lowest BCUT2D eigenvalue weighted by Gasteiger charge is -2.15. The van der Waals surface area contributed by atoms with Crippen molar-refractivity contribution in [3.63, 3.8) is 0 Å². The van der Waals surface area contributed by atoms with Crippen molar-refractivity contribution in [3.8, 4) is 0 Å². The van der Waals surface area contributed by atoms with Crippen molar-refractivity contribution < 1.29 is 8.42 Å². The molecule has 4 rings (SSSR count). The van der Waals surface area contributed by atoms with E-state index < -0.39 is 10.0 Å². The smallest absolute Gasteiger partial charge is 0.240 e. The predicted octanol–water partition coefficient (Wildman–Crippen LogP) is 2.70. The minimum absolute atomic E-state index is 0.324.